The largest absolute Gasteiger partial charge is 0.328 e. The zero-order valence-corrected chi connectivity index (χ0v) is 32.3. The second kappa shape index (κ2) is 9.28. The van der Waals surface area contributed by atoms with Crippen molar-refractivity contribution in [1.82, 2.24) is 9.13 Å². The molecule has 8 aromatic rings. The number of hydrogen-bond acceptors (Lipinski definition) is 0. The van der Waals surface area contributed by atoms with Crippen molar-refractivity contribution >= 4 is 59.0 Å². The number of hydrogen-bond donors (Lipinski definition) is 0. The van der Waals surface area contributed by atoms with Gasteiger partial charge < -0.3 is 9.13 Å². The summed E-state index contributed by atoms with van der Waals surface area (Å²) in [7, 11) is -0.270. The summed E-state index contributed by atoms with van der Waals surface area (Å²) < 4.78 is 5.42. The maximum Gasteiger partial charge on any atom is 0.0840 e. The minimum absolute atomic E-state index is 0.0455. The van der Waals surface area contributed by atoms with Crippen LogP contribution in [0, 0.1) is 0 Å². The van der Waals surface area contributed by atoms with Crippen molar-refractivity contribution in [2.24, 2.45) is 0 Å². The molecule has 0 bridgehead atoms. The molecule has 5 aliphatic rings. The van der Waals surface area contributed by atoms with Crippen LogP contribution in [0.1, 0.15) is 75.4 Å². The molecule has 2 unspecified atom stereocenters. The summed E-state index contributed by atoms with van der Waals surface area (Å²) in [5.74, 6) is 0. The van der Waals surface area contributed by atoms with Crippen molar-refractivity contribution in [3.63, 3.8) is 0 Å². The number of benzene rings is 6. The summed E-state index contributed by atoms with van der Waals surface area (Å²) in [4.78, 5) is 4.61. The SMILES string of the molecule is CC(C)(C)c1ccc2c(c1)c1cc3c4cc(C(C)(C)C)ccc4n4c3c3c1n2-c1cccc2c1S3=C1C(=CC=CC14)C21c2ccccc2-c2ccccc21. The monoisotopic (exact) mass is 712 g/mol. The zero-order valence-electron chi connectivity index (χ0n) is 31.5. The van der Waals surface area contributed by atoms with Crippen LogP contribution < -0.4 is 0 Å². The normalized spacial score (nSPS) is 19.4. The molecule has 5 heterocycles. The molecule has 2 aromatic heterocycles. The highest BCUT2D eigenvalue weighted by molar-refractivity contribution is 8.17. The van der Waals surface area contributed by atoms with Gasteiger partial charge >= 0.3 is 0 Å². The first-order valence-corrected chi connectivity index (χ1v) is 20.7. The lowest BCUT2D eigenvalue weighted by atomic mass is 9.64. The van der Waals surface area contributed by atoms with Crippen LogP contribution in [0.4, 0.5) is 0 Å². The molecule has 2 aliphatic carbocycles. The highest BCUT2D eigenvalue weighted by atomic mass is 32.2. The van der Waals surface area contributed by atoms with Crippen LogP contribution in [0.2, 0.25) is 0 Å². The molecule has 260 valence electrons. The lowest BCUT2D eigenvalue weighted by molar-refractivity contribution is 0.591. The van der Waals surface area contributed by atoms with E-state index in [1.807, 2.05) is 0 Å². The van der Waals surface area contributed by atoms with Crippen molar-refractivity contribution in [2.45, 2.75) is 73.6 Å². The van der Waals surface area contributed by atoms with Gasteiger partial charge in [-0.25, -0.2) is 0 Å². The molecule has 6 aromatic carbocycles. The molecule has 0 saturated carbocycles. The predicted octanol–water partition coefficient (Wildman–Crippen LogP) is 13.0. The smallest absolute Gasteiger partial charge is 0.0840 e. The molecule has 2 nitrogen and oxygen atoms in total. The molecular formula is C51H40N2S. The predicted molar refractivity (Wildman–Crippen MR) is 228 cm³/mol. The Balaban J connectivity index is 1.30. The van der Waals surface area contributed by atoms with Crippen LogP contribution in [-0.4, -0.2) is 14.0 Å². The number of rotatable bonds is 0. The van der Waals surface area contributed by atoms with E-state index in [-0.39, 0.29) is 27.4 Å². The molecule has 13 rings (SSSR count). The molecule has 0 amide bonds. The van der Waals surface area contributed by atoms with E-state index in [9.17, 15) is 0 Å². The van der Waals surface area contributed by atoms with Gasteiger partial charge in [0.15, 0.2) is 0 Å². The van der Waals surface area contributed by atoms with E-state index in [1.165, 1.54) is 104 Å². The molecule has 3 aliphatic heterocycles. The average Bonchev–Trinajstić information content (AvgIpc) is 3.79. The third-order valence-electron chi connectivity index (χ3n) is 13.5. The highest BCUT2D eigenvalue weighted by Gasteiger charge is 2.56. The van der Waals surface area contributed by atoms with Crippen LogP contribution in [0.5, 0.6) is 0 Å². The van der Waals surface area contributed by atoms with Gasteiger partial charge in [-0.1, -0.05) is 133 Å². The van der Waals surface area contributed by atoms with Crippen molar-refractivity contribution in [2.75, 3.05) is 0 Å². The Morgan fingerprint density at radius 2 is 1.19 bits per heavy atom. The Labute approximate surface area is 318 Å². The van der Waals surface area contributed by atoms with Gasteiger partial charge in [-0.15, -0.1) is 10.5 Å². The number of fused-ring (bicyclic) bond motifs is 15. The lowest BCUT2D eigenvalue weighted by Gasteiger charge is -2.49. The summed E-state index contributed by atoms with van der Waals surface area (Å²) in [5, 5.41) is 5.52. The molecule has 0 saturated heterocycles. The first kappa shape index (κ1) is 30.0. The third-order valence-corrected chi connectivity index (χ3v) is 16.0. The third kappa shape index (κ3) is 3.18. The number of aromatic nitrogens is 2. The average molecular weight is 713 g/mol. The van der Waals surface area contributed by atoms with Gasteiger partial charge in [0.1, 0.15) is 0 Å². The van der Waals surface area contributed by atoms with Gasteiger partial charge in [-0.05, 0) is 91.7 Å². The van der Waals surface area contributed by atoms with Crippen molar-refractivity contribution in [3.8, 4) is 16.8 Å². The maximum absolute atomic E-state index is 2.75. The zero-order chi connectivity index (χ0) is 36.2. The van der Waals surface area contributed by atoms with E-state index in [4.69, 9.17) is 0 Å². The van der Waals surface area contributed by atoms with Crippen LogP contribution in [-0.2, 0) is 16.2 Å². The molecule has 0 fully saturated rings. The molecule has 2 atom stereocenters. The van der Waals surface area contributed by atoms with Gasteiger partial charge in [-0.3, -0.25) is 0 Å². The van der Waals surface area contributed by atoms with Gasteiger partial charge in [-0.2, -0.15) is 0 Å². The van der Waals surface area contributed by atoms with E-state index in [0.717, 1.165) is 0 Å². The maximum atomic E-state index is 2.75. The van der Waals surface area contributed by atoms with Gasteiger partial charge in [0.25, 0.3) is 0 Å². The number of allylic oxidation sites excluding steroid dienone is 4. The first-order valence-electron chi connectivity index (χ1n) is 19.5. The molecule has 1 spiro atoms. The van der Waals surface area contributed by atoms with Gasteiger partial charge in [0.05, 0.1) is 44.1 Å². The van der Waals surface area contributed by atoms with Crippen molar-refractivity contribution < 1.29 is 0 Å². The lowest BCUT2D eigenvalue weighted by Crippen LogP contribution is -2.42. The Morgan fingerprint density at radius 3 is 1.87 bits per heavy atom. The second-order valence-corrected chi connectivity index (χ2v) is 20.1. The Bertz CT molecular complexity index is 3190. The van der Waals surface area contributed by atoms with Crippen molar-refractivity contribution in [3.05, 3.63) is 161 Å². The van der Waals surface area contributed by atoms with Crippen LogP contribution in [0.15, 0.2) is 143 Å². The molecular weight excluding hydrogens is 673 g/mol. The summed E-state index contributed by atoms with van der Waals surface area (Å²) in [6, 6.07) is 43.2. The van der Waals surface area contributed by atoms with E-state index in [0.29, 0.717) is 0 Å². The fraction of sp³-hybridized carbons (Fsp3) is 0.196. The molecule has 0 N–H and O–H groups in total. The first-order chi connectivity index (χ1) is 26.1. The topological polar surface area (TPSA) is 9.86 Å². The standard InChI is InChI=1S/C51H40N2S/c1-49(2,3)28-21-23-40-32(25-28)34-27-35-33-26-29(50(4,5)6)22-24-41(33)53-43-20-12-18-39-47(43)54-46-38(17-11-19-42(46)52(40)44(34)48(54)45(35)53)51(39)36-15-9-7-13-30(36)31-14-8-10-16-37(31)51/h7-27,42H,1-6H3. The summed E-state index contributed by atoms with van der Waals surface area (Å²) in [6.07, 6.45) is 7.38. The summed E-state index contributed by atoms with van der Waals surface area (Å²) in [5.41, 5.74) is 17.8. The van der Waals surface area contributed by atoms with Crippen molar-refractivity contribution in [1.29, 1.82) is 0 Å². The van der Waals surface area contributed by atoms with E-state index in [1.54, 1.807) is 4.86 Å². The highest BCUT2D eigenvalue weighted by Crippen LogP contribution is 2.69. The quantitative estimate of drug-likeness (QED) is 0.139. The fourth-order valence-corrected chi connectivity index (χ4v) is 14.3. The van der Waals surface area contributed by atoms with Crippen LogP contribution in [0.3, 0.4) is 0 Å². The van der Waals surface area contributed by atoms with E-state index < -0.39 is 5.41 Å². The number of nitrogens with zero attached hydrogens (tertiary/aromatic N) is 2. The molecule has 3 heteroatoms. The minimum Gasteiger partial charge on any atom is -0.328 e. The summed E-state index contributed by atoms with van der Waals surface area (Å²) in [6.45, 7) is 14.1. The molecule has 54 heavy (non-hydrogen) atoms. The fourth-order valence-electron chi connectivity index (χ4n) is 11.1. The Kier molecular flexibility index (Phi) is 5.15. The Morgan fingerprint density at radius 1 is 0.574 bits per heavy atom. The minimum atomic E-state index is -0.410. The Hall–Kier alpha value is -5.38. The van der Waals surface area contributed by atoms with E-state index in [2.05, 4.69) is 178 Å². The van der Waals surface area contributed by atoms with Crippen LogP contribution in [0.25, 0.3) is 60.4 Å². The van der Waals surface area contributed by atoms with Crippen LogP contribution >= 0.6 is 10.5 Å². The second-order valence-electron chi connectivity index (χ2n) is 18.2. The van der Waals surface area contributed by atoms with E-state index >= 15 is 0 Å². The molecule has 0 radical (unpaired) electrons. The summed E-state index contributed by atoms with van der Waals surface area (Å²) >= 11 is 0. The van der Waals surface area contributed by atoms with Gasteiger partial charge in [0.2, 0.25) is 0 Å². The van der Waals surface area contributed by atoms with Gasteiger partial charge in [0, 0.05) is 31.3 Å².